The molecule has 3 nitrogen and oxygen atoms in total. The lowest BCUT2D eigenvalue weighted by atomic mass is 9.97. The van der Waals surface area contributed by atoms with Crippen molar-refractivity contribution in [2.45, 2.75) is 50.2 Å². The molecule has 0 saturated carbocycles. The summed E-state index contributed by atoms with van der Waals surface area (Å²) in [4.78, 5) is 5.58. The van der Waals surface area contributed by atoms with Crippen LogP contribution >= 0.6 is 23.4 Å². The Morgan fingerprint density at radius 1 is 1.33 bits per heavy atom. The van der Waals surface area contributed by atoms with Crippen LogP contribution in [0, 0.1) is 0 Å². The normalized spacial score (nSPS) is 19.0. The van der Waals surface area contributed by atoms with Gasteiger partial charge in [-0.2, -0.15) is 0 Å². The van der Waals surface area contributed by atoms with E-state index in [4.69, 9.17) is 20.8 Å². The fraction of sp³-hybridized carbons (Fsp3) is 0.562. The summed E-state index contributed by atoms with van der Waals surface area (Å²) in [5.41, 5.74) is 1.57. The van der Waals surface area contributed by atoms with E-state index in [2.05, 4.69) is 25.8 Å². The average Bonchev–Trinajstić information content (AvgIpc) is 3.00. The van der Waals surface area contributed by atoms with Crippen molar-refractivity contribution in [2.24, 2.45) is 0 Å². The highest BCUT2D eigenvalue weighted by Crippen LogP contribution is 2.40. The fourth-order valence-corrected chi connectivity index (χ4v) is 3.57. The van der Waals surface area contributed by atoms with Crippen LogP contribution in [0.2, 0.25) is 5.02 Å². The maximum Gasteiger partial charge on any atom is 0.200 e. The van der Waals surface area contributed by atoms with E-state index in [1.54, 1.807) is 11.8 Å². The van der Waals surface area contributed by atoms with Gasteiger partial charge in [-0.25, -0.2) is 4.98 Å². The maximum absolute atomic E-state index is 6.36. The number of fused-ring (bicyclic) bond motifs is 1. The third kappa shape index (κ3) is 3.38. The van der Waals surface area contributed by atoms with Crippen molar-refractivity contribution in [3.8, 4) is 0 Å². The molecule has 0 aliphatic carbocycles. The molecule has 1 unspecified atom stereocenters. The summed E-state index contributed by atoms with van der Waals surface area (Å²) in [6.07, 6.45) is 1.05. The van der Waals surface area contributed by atoms with E-state index < -0.39 is 0 Å². The molecule has 0 N–H and O–H groups in total. The third-order valence-corrected chi connectivity index (χ3v) is 5.05. The lowest BCUT2D eigenvalue weighted by molar-refractivity contribution is 0.199. The number of benzene rings is 1. The van der Waals surface area contributed by atoms with Crippen molar-refractivity contribution in [1.82, 2.24) is 4.98 Å². The highest BCUT2D eigenvalue weighted by Gasteiger charge is 2.25. The molecule has 0 bridgehead atoms. The molecule has 1 aliphatic heterocycles. The average molecular weight is 328 g/mol. The van der Waals surface area contributed by atoms with Gasteiger partial charge in [0, 0.05) is 17.3 Å². The molecular formula is C16H22ClNO2S. The first-order valence-corrected chi connectivity index (χ1v) is 8.05. The van der Waals surface area contributed by atoms with Crippen molar-refractivity contribution >= 4 is 34.5 Å². The molecule has 1 aromatic carbocycles. The van der Waals surface area contributed by atoms with Crippen LogP contribution in [-0.2, 0) is 10.2 Å². The number of halogens is 1. The van der Waals surface area contributed by atoms with Crippen LogP contribution in [0.5, 0.6) is 0 Å². The first kappa shape index (κ1) is 16.7. The number of rotatable bonds is 2. The topological polar surface area (TPSA) is 35.3 Å². The lowest BCUT2D eigenvalue weighted by Crippen LogP contribution is -2.10. The molecule has 1 fully saturated rings. The summed E-state index contributed by atoms with van der Waals surface area (Å²) >= 11 is 8.10. The Balaban J connectivity index is 0.00000161. The minimum absolute atomic E-state index is 0. The molecule has 1 aromatic heterocycles. The monoisotopic (exact) mass is 327 g/mol. The molecule has 116 valence electrons. The number of aromatic nitrogens is 1. The number of oxazole rings is 1. The van der Waals surface area contributed by atoms with Crippen molar-refractivity contribution in [3.05, 3.63) is 23.0 Å². The van der Waals surface area contributed by atoms with Crippen molar-refractivity contribution in [1.29, 1.82) is 0 Å². The van der Waals surface area contributed by atoms with E-state index in [0.29, 0.717) is 5.25 Å². The summed E-state index contributed by atoms with van der Waals surface area (Å²) in [7, 11) is 0. The molecule has 2 heterocycles. The lowest BCUT2D eigenvalue weighted by Gasteiger charge is -2.12. The number of hydrogen-bond acceptors (Lipinski definition) is 4. The molecule has 2 aromatic rings. The quantitative estimate of drug-likeness (QED) is 0.750. The van der Waals surface area contributed by atoms with Gasteiger partial charge in [-0.1, -0.05) is 39.8 Å². The van der Waals surface area contributed by atoms with Crippen LogP contribution in [0.1, 0.15) is 40.5 Å². The van der Waals surface area contributed by atoms with E-state index in [0.717, 1.165) is 46.5 Å². The van der Waals surface area contributed by atoms with Gasteiger partial charge in [0.2, 0.25) is 5.89 Å². The predicted molar refractivity (Wildman–Crippen MR) is 89.5 cm³/mol. The minimum Gasteiger partial charge on any atom is -0.439 e. The van der Waals surface area contributed by atoms with E-state index in [1.165, 1.54) is 0 Å². The second-order valence-corrected chi connectivity index (χ2v) is 7.82. The van der Waals surface area contributed by atoms with E-state index in [1.807, 2.05) is 12.1 Å². The van der Waals surface area contributed by atoms with Crippen molar-refractivity contribution in [2.75, 3.05) is 13.2 Å². The van der Waals surface area contributed by atoms with Crippen LogP contribution in [0.3, 0.4) is 0 Å². The minimum atomic E-state index is -0.107. The molecule has 1 saturated heterocycles. The zero-order chi connectivity index (χ0) is 14.3. The molecule has 1 atom stereocenters. The van der Waals surface area contributed by atoms with Gasteiger partial charge in [0.1, 0.15) is 5.52 Å². The first-order chi connectivity index (χ1) is 9.45. The zero-order valence-corrected chi connectivity index (χ0v) is 13.5. The van der Waals surface area contributed by atoms with Crippen molar-refractivity contribution in [3.63, 3.8) is 0 Å². The molecule has 0 spiro atoms. The summed E-state index contributed by atoms with van der Waals surface area (Å²) in [6, 6.07) is 3.82. The van der Waals surface area contributed by atoms with Crippen LogP contribution in [0.25, 0.3) is 11.1 Å². The van der Waals surface area contributed by atoms with E-state index in [9.17, 15) is 0 Å². The highest BCUT2D eigenvalue weighted by molar-refractivity contribution is 8.00. The van der Waals surface area contributed by atoms with Gasteiger partial charge in [-0.15, -0.1) is 11.8 Å². The molecule has 21 heavy (non-hydrogen) atoms. The van der Waals surface area contributed by atoms with Crippen LogP contribution in [-0.4, -0.2) is 23.4 Å². The molecule has 5 heteroatoms. The van der Waals surface area contributed by atoms with E-state index >= 15 is 0 Å². The predicted octanol–water partition coefficient (Wildman–Crippen LogP) is 5.30. The summed E-state index contributed by atoms with van der Waals surface area (Å²) in [6.45, 7) is 7.89. The fourth-order valence-electron chi connectivity index (χ4n) is 2.15. The SMILES string of the molecule is C.CC(C)(C)c1nc2ccc(Cl)c(SC3CCOC3)c2o1. The zero-order valence-electron chi connectivity index (χ0n) is 11.9. The van der Waals surface area contributed by atoms with Crippen LogP contribution in [0.15, 0.2) is 21.4 Å². The summed E-state index contributed by atoms with van der Waals surface area (Å²) < 4.78 is 11.4. The number of thioether (sulfide) groups is 1. The van der Waals surface area contributed by atoms with Gasteiger partial charge in [-0.3, -0.25) is 0 Å². The van der Waals surface area contributed by atoms with Gasteiger partial charge in [0.05, 0.1) is 16.5 Å². The Bertz CT molecular complexity index is 627. The Labute approximate surface area is 135 Å². The smallest absolute Gasteiger partial charge is 0.200 e. The second-order valence-electron chi connectivity index (χ2n) is 6.10. The summed E-state index contributed by atoms with van der Waals surface area (Å²) in [5.74, 6) is 0.749. The van der Waals surface area contributed by atoms with Crippen LogP contribution in [0.4, 0.5) is 0 Å². The number of hydrogen-bond donors (Lipinski definition) is 0. The largest absolute Gasteiger partial charge is 0.439 e. The molecule has 0 amide bonds. The maximum atomic E-state index is 6.36. The highest BCUT2D eigenvalue weighted by atomic mass is 35.5. The van der Waals surface area contributed by atoms with Gasteiger partial charge in [0.25, 0.3) is 0 Å². The third-order valence-electron chi connectivity index (χ3n) is 3.28. The van der Waals surface area contributed by atoms with E-state index in [-0.39, 0.29) is 12.8 Å². The Morgan fingerprint density at radius 2 is 2.10 bits per heavy atom. The Morgan fingerprint density at radius 3 is 2.71 bits per heavy atom. The molecule has 0 radical (unpaired) electrons. The van der Waals surface area contributed by atoms with Gasteiger partial charge >= 0.3 is 0 Å². The Hall–Kier alpha value is -0.710. The van der Waals surface area contributed by atoms with Crippen LogP contribution < -0.4 is 0 Å². The molecule has 3 rings (SSSR count). The Kier molecular flexibility index (Phi) is 4.91. The first-order valence-electron chi connectivity index (χ1n) is 6.79. The molecule has 1 aliphatic rings. The second kappa shape index (κ2) is 6.19. The van der Waals surface area contributed by atoms with Gasteiger partial charge < -0.3 is 9.15 Å². The summed E-state index contributed by atoms with van der Waals surface area (Å²) in [5, 5.41) is 1.17. The van der Waals surface area contributed by atoms with Gasteiger partial charge in [-0.05, 0) is 18.6 Å². The van der Waals surface area contributed by atoms with Crippen molar-refractivity contribution < 1.29 is 9.15 Å². The van der Waals surface area contributed by atoms with Gasteiger partial charge in [0.15, 0.2) is 5.58 Å². The number of ether oxygens (including phenoxy) is 1. The number of nitrogens with zero attached hydrogens (tertiary/aromatic N) is 1. The molecular weight excluding hydrogens is 306 g/mol. The standard InChI is InChI=1S/C15H18ClNO2S.CH4/c1-15(2,3)14-17-11-5-4-10(16)13(12(11)19-14)20-9-6-7-18-8-9;/h4-5,9H,6-8H2,1-3H3;1H4.